The van der Waals surface area contributed by atoms with E-state index in [4.69, 9.17) is 10.5 Å². The van der Waals surface area contributed by atoms with E-state index >= 15 is 0 Å². The summed E-state index contributed by atoms with van der Waals surface area (Å²) in [6.07, 6.45) is 4.94. The molecule has 2 heterocycles. The van der Waals surface area contributed by atoms with Gasteiger partial charge in [-0.3, -0.25) is 4.79 Å². The highest BCUT2D eigenvalue weighted by Crippen LogP contribution is 2.22. The minimum absolute atomic E-state index is 0.100. The van der Waals surface area contributed by atoms with Crippen molar-refractivity contribution in [2.45, 2.75) is 38.3 Å². The van der Waals surface area contributed by atoms with Crippen molar-refractivity contribution in [3.63, 3.8) is 0 Å². The molecular weight excluding hydrogens is 244 g/mol. The van der Waals surface area contributed by atoms with E-state index in [0.29, 0.717) is 25.6 Å². The fourth-order valence-electron chi connectivity index (χ4n) is 2.31. The first-order chi connectivity index (χ1) is 9.08. The lowest BCUT2D eigenvalue weighted by Crippen LogP contribution is -2.51. The number of hydrogen-bond acceptors (Lipinski definition) is 5. The maximum Gasteiger partial charge on any atom is 0.293 e. The van der Waals surface area contributed by atoms with Crippen LogP contribution in [0.25, 0.3) is 0 Å². The Hall–Kier alpha value is -1.40. The minimum Gasteiger partial charge on any atom is -0.381 e. The third-order valence-corrected chi connectivity index (χ3v) is 3.65. The van der Waals surface area contributed by atoms with Crippen molar-refractivity contribution in [3.05, 3.63) is 22.7 Å². The van der Waals surface area contributed by atoms with E-state index in [1.807, 2.05) is 13.8 Å². The smallest absolute Gasteiger partial charge is 0.293 e. The van der Waals surface area contributed by atoms with E-state index in [1.54, 1.807) is 17.0 Å². The van der Waals surface area contributed by atoms with Gasteiger partial charge in [-0.05, 0) is 26.7 Å². The van der Waals surface area contributed by atoms with E-state index < -0.39 is 0 Å². The van der Waals surface area contributed by atoms with Crippen LogP contribution in [-0.4, -0.2) is 34.8 Å². The molecule has 0 aromatic carbocycles. The van der Waals surface area contributed by atoms with Gasteiger partial charge in [0.15, 0.2) is 5.82 Å². The van der Waals surface area contributed by atoms with Crippen LogP contribution in [-0.2, 0) is 4.74 Å². The third kappa shape index (κ3) is 2.96. The molecule has 1 aliphatic heterocycles. The SMILES string of the molecule is CC(C)n1ccnc(NC2(CN)CCOCC2)c1=O. The molecule has 0 spiro atoms. The van der Waals surface area contributed by atoms with Crippen molar-refractivity contribution >= 4 is 5.82 Å². The number of nitrogens with two attached hydrogens (primary N) is 1. The van der Waals surface area contributed by atoms with Gasteiger partial charge < -0.3 is 20.4 Å². The van der Waals surface area contributed by atoms with Crippen LogP contribution in [0.4, 0.5) is 5.82 Å². The Morgan fingerprint density at radius 3 is 2.79 bits per heavy atom. The molecule has 1 aromatic rings. The van der Waals surface area contributed by atoms with Gasteiger partial charge in [0.1, 0.15) is 0 Å². The Balaban J connectivity index is 2.27. The molecule has 1 aromatic heterocycles. The second-order valence-electron chi connectivity index (χ2n) is 5.30. The summed E-state index contributed by atoms with van der Waals surface area (Å²) in [5.41, 5.74) is 5.50. The van der Waals surface area contributed by atoms with Crippen molar-refractivity contribution in [1.29, 1.82) is 0 Å². The molecule has 1 saturated heterocycles. The predicted octanol–water partition coefficient (Wildman–Crippen LogP) is 0.744. The van der Waals surface area contributed by atoms with Crippen molar-refractivity contribution < 1.29 is 4.74 Å². The summed E-state index contributed by atoms with van der Waals surface area (Å²) in [5.74, 6) is 0.378. The van der Waals surface area contributed by atoms with Crippen LogP contribution < -0.4 is 16.6 Å². The van der Waals surface area contributed by atoms with E-state index in [-0.39, 0.29) is 17.1 Å². The minimum atomic E-state index is -0.277. The predicted molar refractivity (Wildman–Crippen MR) is 74.3 cm³/mol. The largest absolute Gasteiger partial charge is 0.381 e. The molecule has 1 fully saturated rings. The molecule has 2 rings (SSSR count). The van der Waals surface area contributed by atoms with Crippen LogP contribution in [0, 0.1) is 0 Å². The average molecular weight is 266 g/mol. The summed E-state index contributed by atoms with van der Waals surface area (Å²) in [4.78, 5) is 16.5. The van der Waals surface area contributed by atoms with Gasteiger partial charge in [-0.1, -0.05) is 0 Å². The lowest BCUT2D eigenvalue weighted by Gasteiger charge is -2.37. The molecule has 3 N–H and O–H groups in total. The summed E-state index contributed by atoms with van der Waals surface area (Å²) in [6.45, 7) is 5.73. The summed E-state index contributed by atoms with van der Waals surface area (Å²) in [5, 5.41) is 3.26. The van der Waals surface area contributed by atoms with Crippen LogP contribution in [0.15, 0.2) is 17.2 Å². The van der Waals surface area contributed by atoms with Crippen LogP contribution in [0.2, 0.25) is 0 Å². The number of nitrogens with one attached hydrogen (secondary N) is 1. The second-order valence-corrected chi connectivity index (χ2v) is 5.30. The van der Waals surface area contributed by atoms with E-state index in [0.717, 1.165) is 12.8 Å². The zero-order valence-electron chi connectivity index (χ0n) is 11.6. The first kappa shape index (κ1) is 14.0. The standard InChI is InChI=1S/C13H22N4O2/c1-10(2)17-6-5-15-11(12(17)18)16-13(9-14)3-7-19-8-4-13/h5-6,10H,3-4,7-9,14H2,1-2H3,(H,15,16). The highest BCUT2D eigenvalue weighted by atomic mass is 16.5. The zero-order valence-corrected chi connectivity index (χ0v) is 11.6. The molecular formula is C13H22N4O2. The highest BCUT2D eigenvalue weighted by Gasteiger charge is 2.32. The van der Waals surface area contributed by atoms with Crippen LogP contribution >= 0.6 is 0 Å². The molecule has 6 heteroatoms. The number of rotatable bonds is 4. The molecule has 0 atom stereocenters. The topological polar surface area (TPSA) is 82.2 Å². The molecule has 0 saturated carbocycles. The first-order valence-electron chi connectivity index (χ1n) is 6.71. The maximum atomic E-state index is 12.3. The van der Waals surface area contributed by atoms with Gasteiger partial charge in [-0.25, -0.2) is 4.98 Å². The number of nitrogens with zero attached hydrogens (tertiary/aromatic N) is 2. The number of hydrogen-bond donors (Lipinski definition) is 2. The fourth-order valence-corrected chi connectivity index (χ4v) is 2.31. The molecule has 19 heavy (non-hydrogen) atoms. The second kappa shape index (κ2) is 5.71. The number of aromatic nitrogens is 2. The Kier molecular flexibility index (Phi) is 4.21. The Bertz CT molecular complexity index is 478. The molecule has 1 aliphatic rings. The van der Waals surface area contributed by atoms with E-state index in [1.165, 1.54) is 0 Å². The van der Waals surface area contributed by atoms with Gasteiger partial charge in [0.05, 0.1) is 5.54 Å². The van der Waals surface area contributed by atoms with E-state index in [2.05, 4.69) is 10.3 Å². The molecule has 0 amide bonds. The number of ether oxygens (including phenoxy) is 1. The molecule has 0 aliphatic carbocycles. The first-order valence-corrected chi connectivity index (χ1v) is 6.71. The summed E-state index contributed by atoms with van der Waals surface area (Å²) >= 11 is 0. The lowest BCUT2D eigenvalue weighted by atomic mass is 9.90. The van der Waals surface area contributed by atoms with Gasteiger partial charge in [-0.2, -0.15) is 0 Å². The normalized spacial score (nSPS) is 18.5. The van der Waals surface area contributed by atoms with Gasteiger partial charge in [0.25, 0.3) is 5.56 Å². The van der Waals surface area contributed by atoms with Crippen molar-refractivity contribution in [2.24, 2.45) is 5.73 Å². The summed E-state index contributed by atoms with van der Waals surface area (Å²) in [6, 6.07) is 0.111. The summed E-state index contributed by atoms with van der Waals surface area (Å²) in [7, 11) is 0. The maximum absolute atomic E-state index is 12.3. The quantitative estimate of drug-likeness (QED) is 0.840. The van der Waals surface area contributed by atoms with Crippen molar-refractivity contribution in [3.8, 4) is 0 Å². The fraction of sp³-hybridized carbons (Fsp3) is 0.692. The van der Waals surface area contributed by atoms with Gasteiger partial charge in [0, 0.05) is 38.2 Å². The van der Waals surface area contributed by atoms with Crippen LogP contribution in [0.1, 0.15) is 32.7 Å². The summed E-state index contributed by atoms with van der Waals surface area (Å²) < 4.78 is 7.02. The Morgan fingerprint density at radius 1 is 1.53 bits per heavy atom. The van der Waals surface area contributed by atoms with Crippen molar-refractivity contribution in [2.75, 3.05) is 25.1 Å². The van der Waals surface area contributed by atoms with Crippen molar-refractivity contribution in [1.82, 2.24) is 9.55 Å². The Labute approximate surface area is 113 Å². The molecule has 106 valence electrons. The lowest BCUT2D eigenvalue weighted by molar-refractivity contribution is 0.0626. The van der Waals surface area contributed by atoms with Crippen LogP contribution in [0.3, 0.4) is 0 Å². The Morgan fingerprint density at radius 2 is 2.21 bits per heavy atom. The average Bonchev–Trinajstić information content (AvgIpc) is 2.42. The van der Waals surface area contributed by atoms with Crippen LogP contribution in [0.5, 0.6) is 0 Å². The molecule has 0 unspecified atom stereocenters. The third-order valence-electron chi connectivity index (χ3n) is 3.65. The van der Waals surface area contributed by atoms with Gasteiger partial charge >= 0.3 is 0 Å². The van der Waals surface area contributed by atoms with Gasteiger partial charge in [0.2, 0.25) is 0 Å². The number of anilines is 1. The molecule has 0 radical (unpaired) electrons. The molecule has 0 bridgehead atoms. The van der Waals surface area contributed by atoms with E-state index in [9.17, 15) is 4.79 Å². The molecule has 6 nitrogen and oxygen atoms in total. The zero-order chi connectivity index (χ0) is 13.9. The highest BCUT2D eigenvalue weighted by molar-refractivity contribution is 5.35. The van der Waals surface area contributed by atoms with Gasteiger partial charge in [-0.15, -0.1) is 0 Å². The monoisotopic (exact) mass is 266 g/mol.